The summed E-state index contributed by atoms with van der Waals surface area (Å²) < 4.78 is 5.43. The van der Waals surface area contributed by atoms with Crippen molar-refractivity contribution in [2.75, 3.05) is 20.2 Å². The van der Waals surface area contributed by atoms with Crippen LogP contribution in [-0.2, 0) is 19.1 Å². The molecule has 8 heteroatoms. The molecule has 126 valence electrons. The van der Waals surface area contributed by atoms with E-state index in [1.54, 1.807) is 13.8 Å². The van der Waals surface area contributed by atoms with Crippen molar-refractivity contribution >= 4 is 30.1 Å². The summed E-state index contributed by atoms with van der Waals surface area (Å²) in [6.07, 6.45) is 1.14. The second-order valence-electron chi connectivity index (χ2n) is 5.87. The van der Waals surface area contributed by atoms with Gasteiger partial charge in [0, 0.05) is 13.2 Å². The molecular weight excluding hydrogens is 310 g/mol. The summed E-state index contributed by atoms with van der Waals surface area (Å²) in [6, 6.07) is -0.962. The van der Waals surface area contributed by atoms with Crippen molar-refractivity contribution in [3.05, 3.63) is 0 Å². The van der Waals surface area contributed by atoms with Gasteiger partial charge in [0.15, 0.2) is 0 Å². The van der Waals surface area contributed by atoms with Gasteiger partial charge in [-0.2, -0.15) is 0 Å². The molecule has 2 saturated heterocycles. The molecule has 2 rings (SSSR count). The molecule has 1 unspecified atom stereocenters. The van der Waals surface area contributed by atoms with Gasteiger partial charge >= 0.3 is 0 Å². The maximum Gasteiger partial charge on any atom is 0.253 e. The highest BCUT2D eigenvalue weighted by Gasteiger charge is 2.45. The van der Waals surface area contributed by atoms with Crippen molar-refractivity contribution in [1.82, 2.24) is 15.5 Å². The maximum absolute atomic E-state index is 12.5. The van der Waals surface area contributed by atoms with E-state index in [-0.39, 0.29) is 42.6 Å². The first-order valence-electron chi connectivity index (χ1n) is 7.34. The van der Waals surface area contributed by atoms with Gasteiger partial charge in [-0.05, 0) is 39.8 Å². The summed E-state index contributed by atoms with van der Waals surface area (Å²) in [4.78, 5) is 37.8. The molecule has 0 spiro atoms. The summed E-state index contributed by atoms with van der Waals surface area (Å²) in [5.74, 6) is -0.871. The Labute approximate surface area is 136 Å². The summed E-state index contributed by atoms with van der Waals surface area (Å²) in [6.45, 7) is 4.95. The summed E-state index contributed by atoms with van der Waals surface area (Å²) >= 11 is 0. The van der Waals surface area contributed by atoms with Crippen molar-refractivity contribution < 1.29 is 19.1 Å². The number of piperidine rings is 1. The minimum Gasteiger partial charge on any atom is -0.368 e. The molecule has 2 heterocycles. The highest BCUT2D eigenvalue weighted by atomic mass is 35.5. The van der Waals surface area contributed by atoms with Gasteiger partial charge in [-0.15, -0.1) is 12.4 Å². The van der Waals surface area contributed by atoms with Gasteiger partial charge < -0.3 is 15.4 Å². The van der Waals surface area contributed by atoms with Gasteiger partial charge in [-0.1, -0.05) is 0 Å². The number of amides is 3. The Morgan fingerprint density at radius 1 is 1.36 bits per heavy atom. The average Bonchev–Trinajstić information content (AvgIpc) is 2.74. The van der Waals surface area contributed by atoms with Crippen molar-refractivity contribution in [2.45, 2.75) is 50.8 Å². The first-order valence-corrected chi connectivity index (χ1v) is 7.34. The Morgan fingerprint density at radius 2 is 1.95 bits per heavy atom. The number of likely N-dealkylation sites (tertiary alicyclic amines) is 1. The van der Waals surface area contributed by atoms with Gasteiger partial charge in [0.25, 0.3) is 11.8 Å². The third-order valence-corrected chi connectivity index (χ3v) is 4.22. The molecule has 2 N–H and O–H groups in total. The van der Waals surface area contributed by atoms with Crippen molar-refractivity contribution in [3.8, 4) is 0 Å². The fourth-order valence-corrected chi connectivity index (χ4v) is 2.95. The van der Waals surface area contributed by atoms with Gasteiger partial charge in [-0.3, -0.25) is 19.3 Å². The zero-order valence-electron chi connectivity index (χ0n) is 13.2. The lowest BCUT2D eigenvalue weighted by Crippen LogP contribution is -2.57. The molecule has 2 aliphatic rings. The lowest BCUT2D eigenvalue weighted by atomic mass is 9.90. The average molecular weight is 334 g/mol. The van der Waals surface area contributed by atoms with Crippen LogP contribution in [0.4, 0.5) is 0 Å². The second kappa shape index (κ2) is 7.39. The molecule has 1 atom stereocenters. The van der Waals surface area contributed by atoms with E-state index < -0.39 is 11.6 Å². The zero-order chi connectivity index (χ0) is 15.6. The largest absolute Gasteiger partial charge is 0.368 e. The number of nitrogens with one attached hydrogen (secondary N) is 2. The quantitative estimate of drug-likeness (QED) is 0.697. The fourth-order valence-electron chi connectivity index (χ4n) is 2.95. The number of halogens is 1. The minimum absolute atomic E-state index is 0. The Kier molecular flexibility index (Phi) is 6.34. The Hall–Kier alpha value is -1.18. The lowest BCUT2D eigenvalue weighted by molar-refractivity contribution is -0.149. The number of hydrogen-bond donors (Lipinski definition) is 2. The smallest absolute Gasteiger partial charge is 0.253 e. The number of carbonyl (C=O) groups excluding carboxylic acids is 3. The lowest BCUT2D eigenvalue weighted by Gasteiger charge is -2.35. The second-order valence-corrected chi connectivity index (χ2v) is 5.87. The predicted octanol–water partition coefficient (Wildman–Crippen LogP) is -0.171. The normalized spacial score (nSPS) is 24.4. The van der Waals surface area contributed by atoms with E-state index in [0.717, 1.165) is 0 Å². The molecule has 7 nitrogen and oxygen atoms in total. The molecule has 0 bridgehead atoms. The molecule has 0 aromatic carbocycles. The Balaban J connectivity index is 0.00000242. The highest BCUT2D eigenvalue weighted by molar-refractivity contribution is 6.07. The topological polar surface area (TPSA) is 87.7 Å². The molecule has 2 aliphatic heterocycles. The number of hydrogen-bond acceptors (Lipinski definition) is 5. The summed E-state index contributed by atoms with van der Waals surface area (Å²) in [5, 5.41) is 5.87. The fraction of sp³-hybridized carbons (Fsp3) is 0.786. The van der Waals surface area contributed by atoms with E-state index in [2.05, 4.69) is 10.6 Å². The van der Waals surface area contributed by atoms with Crippen LogP contribution in [0.3, 0.4) is 0 Å². The molecule has 0 aromatic heterocycles. The van der Waals surface area contributed by atoms with E-state index in [1.165, 1.54) is 12.0 Å². The van der Waals surface area contributed by atoms with Crippen molar-refractivity contribution in [1.29, 1.82) is 0 Å². The van der Waals surface area contributed by atoms with Crippen LogP contribution >= 0.6 is 12.4 Å². The number of ether oxygens (including phenoxy) is 1. The van der Waals surface area contributed by atoms with Crippen molar-refractivity contribution in [2.24, 2.45) is 0 Å². The molecule has 22 heavy (non-hydrogen) atoms. The first kappa shape index (κ1) is 18.9. The zero-order valence-corrected chi connectivity index (χ0v) is 14.0. The van der Waals surface area contributed by atoms with Crippen LogP contribution in [0.15, 0.2) is 0 Å². The number of methoxy groups -OCH3 is 1. The van der Waals surface area contributed by atoms with Gasteiger partial charge in [0.2, 0.25) is 5.91 Å². The number of rotatable bonds is 4. The predicted molar refractivity (Wildman–Crippen MR) is 82.6 cm³/mol. The molecule has 0 aliphatic carbocycles. The third-order valence-electron chi connectivity index (χ3n) is 4.22. The van der Waals surface area contributed by atoms with Crippen LogP contribution in [0.1, 0.15) is 33.1 Å². The Morgan fingerprint density at radius 3 is 2.41 bits per heavy atom. The first-order chi connectivity index (χ1) is 9.91. The minimum atomic E-state index is -0.903. The van der Waals surface area contributed by atoms with Gasteiger partial charge in [0.05, 0.1) is 6.42 Å². The standard InChI is InChI=1S/C14H23N3O4.ClH/c1-9(2)17-11(18)8-10(12(17)19)16-13(20)14(21-3)4-6-15-7-5-14;/h9-10,15H,4-8H2,1-3H3,(H,16,20);1H. The van der Waals surface area contributed by atoms with Crippen LogP contribution in [0.25, 0.3) is 0 Å². The van der Waals surface area contributed by atoms with E-state index >= 15 is 0 Å². The molecule has 0 saturated carbocycles. The Bertz CT molecular complexity index is 449. The van der Waals surface area contributed by atoms with Crippen LogP contribution in [-0.4, -0.2) is 60.5 Å². The maximum atomic E-state index is 12.5. The third kappa shape index (κ3) is 3.42. The van der Waals surface area contributed by atoms with Gasteiger partial charge in [0.1, 0.15) is 11.6 Å². The summed E-state index contributed by atoms with van der Waals surface area (Å²) in [5.41, 5.74) is -0.903. The molecule has 3 amide bonds. The monoisotopic (exact) mass is 333 g/mol. The number of nitrogens with zero attached hydrogens (tertiary/aromatic N) is 1. The van der Waals surface area contributed by atoms with Crippen LogP contribution in [0.2, 0.25) is 0 Å². The van der Waals surface area contributed by atoms with E-state index in [0.29, 0.717) is 25.9 Å². The van der Waals surface area contributed by atoms with E-state index in [4.69, 9.17) is 4.74 Å². The number of imide groups is 1. The molecule has 0 radical (unpaired) electrons. The highest BCUT2D eigenvalue weighted by Crippen LogP contribution is 2.24. The molecule has 0 aromatic rings. The summed E-state index contributed by atoms with van der Waals surface area (Å²) in [7, 11) is 1.51. The SMILES string of the molecule is COC1(C(=O)NC2CC(=O)N(C(C)C)C2=O)CCNCC1.Cl. The molecule has 2 fully saturated rings. The van der Waals surface area contributed by atoms with Crippen LogP contribution in [0, 0.1) is 0 Å². The van der Waals surface area contributed by atoms with E-state index in [1.807, 2.05) is 0 Å². The molecular formula is C14H24ClN3O4. The van der Waals surface area contributed by atoms with Crippen molar-refractivity contribution in [3.63, 3.8) is 0 Å². The van der Waals surface area contributed by atoms with Crippen LogP contribution < -0.4 is 10.6 Å². The van der Waals surface area contributed by atoms with Gasteiger partial charge in [-0.25, -0.2) is 0 Å². The van der Waals surface area contributed by atoms with E-state index in [9.17, 15) is 14.4 Å². The van der Waals surface area contributed by atoms with Crippen LogP contribution in [0.5, 0.6) is 0 Å². The number of carbonyl (C=O) groups is 3.